The molecule has 0 aliphatic carbocycles. The molecule has 0 fully saturated rings. The standard InChI is InChI=1S/C18H22F3N3OS/c1-12-16(26-13(2)22-12)17(25)24(9-8-23(3)4)11-14-6-5-7-15(10-14)18(19,20)21/h5-7,10H,8-9,11H2,1-4H3. The highest BCUT2D eigenvalue weighted by Gasteiger charge is 2.30. The third-order valence-electron chi connectivity index (χ3n) is 3.83. The van der Waals surface area contributed by atoms with Crippen LogP contribution in [-0.2, 0) is 12.7 Å². The molecule has 1 aromatic heterocycles. The molecule has 142 valence electrons. The number of hydrogen-bond donors (Lipinski definition) is 0. The van der Waals surface area contributed by atoms with Crippen molar-refractivity contribution in [1.82, 2.24) is 14.8 Å². The average Bonchev–Trinajstić information content (AvgIpc) is 2.88. The minimum absolute atomic E-state index is 0.118. The monoisotopic (exact) mass is 385 g/mol. The fourth-order valence-corrected chi connectivity index (χ4v) is 3.40. The zero-order chi connectivity index (χ0) is 19.5. The van der Waals surface area contributed by atoms with E-state index in [9.17, 15) is 18.0 Å². The van der Waals surface area contributed by atoms with E-state index < -0.39 is 11.7 Å². The summed E-state index contributed by atoms with van der Waals surface area (Å²) in [6, 6.07) is 5.11. The Morgan fingerprint density at radius 2 is 1.88 bits per heavy atom. The molecule has 1 amide bonds. The number of likely N-dealkylation sites (N-methyl/N-ethyl adjacent to an activating group) is 1. The second-order valence-corrected chi connectivity index (χ2v) is 7.58. The van der Waals surface area contributed by atoms with Crippen molar-refractivity contribution in [2.24, 2.45) is 0 Å². The van der Waals surface area contributed by atoms with Crippen LogP contribution in [0.25, 0.3) is 0 Å². The van der Waals surface area contributed by atoms with Gasteiger partial charge in [0.1, 0.15) is 4.88 Å². The number of hydrogen-bond acceptors (Lipinski definition) is 4. The topological polar surface area (TPSA) is 36.4 Å². The van der Waals surface area contributed by atoms with E-state index in [1.165, 1.54) is 17.4 Å². The van der Waals surface area contributed by atoms with E-state index in [4.69, 9.17) is 0 Å². The lowest BCUT2D eigenvalue weighted by Gasteiger charge is -2.24. The van der Waals surface area contributed by atoms with Gasteiger partial charge in [-0.3, -0.25) is 4.79 Å². The van der Waals surface area contributed by atoms with E-state index in [-0.39, 0.29) is 12.5 Å². The molecule has 0 bridgehead atoms. The van der Waals surface area contributed by atoms with Gasteiger partial charge in [-0.25, -0.2) is 4.98 Å². The van der Waals surface area contributed by atoms with Crippen LogP contribution in [-0.4, -0.2) is 47.9 Å². The molecule has 0 radical (unpaired) electrons. The molecular formula is C18H22F3N3OS. The van der Waals surface area contributed by atoms with Crippen molar-refractivity contribution in [2.45, 2.75) is 26.6 Å². The SMILES string of the molecule is Cc1nc(C)c(C(=O)N(CCN(C)C)Cc2cccc(C(F)(F)F)c2)s1. The van der Waals surface area contributed by atoms with Crippen LogP contribution in [0, 0.1) is 13.8 Å². The van der Waals surface area contributed by atoms with Crippen LogP contribution < -0.4 is 0 Å². The number of benzene rings is 1. The number of alkyl halides is 3. The van der Waals surface area contributed by atoms with E-state index in [1.54, 1.807) is 17.9 Å². The molecule has 1 aromatic carbocycles. The molecule has 0 saturated heterocycles. The molecule has 2 rings (SSSR count). The number of aromatic nitrogens is 1. The maximum Gasteiger partial charge on any atom is 0.416 e. The maximum absolute atomic E-state index is 12.9. The van der Waals surface area contributed by atoms with Crippen molar-refractivity contribution in [3.8, 4) is 0 Å². The number of thiazole rings is 1. The Balaban J connectivity index is 2.27. The Hall–Kier alpha value is -1.93. The molecule has 8 heteroatoms. The first kappa shape index (κ1) is 20.4. The zero-order valence-corrected chi connectivity index (χ0v) is 16.0. The molecule has 0 unspecified atom stereocenters. The third kappa shape index (κ3) is 5.28. The van der Waals surface area contributed by atoms with Gasteiger partial charge in [-0.15, -0.1) is 11.3 Å². The number of rotatable bonds is 6. The van der Waals surface area contributed by atoms with Crippen molar-refractivity contribution in [3.05, 3.63) is 51.0 Å². The molecule has 2 aromatic rings. The van der Waals surface area contributed by atoms with E-state index in [0.29, 0.717) is 29.2 Å². The number of nitrogens with zero attached hydrogens (tertiary/aromatic N) is 3. The number of halogens is 3. The van der Waals surface area contributed by atoms with Gasteiger partial charge in [-0.1, -0.05) is 12.1 Å². The molecule has 0 spiro atoms. The molecule has 1 heterocycles. The lowest BCUT2D eigenvalue weighted by atomic mass is 10.1. The summed E-state index contributed by atoms with van der Waals surface area (Å²) in [4.78, 5) is 21.3. The Morgan fingerprint density at radius 3 is 2.42 bits per heavy atom. The van der Waals surface area contributed by atoms with Crippen molar-refractivity contribution in [2.75, 3.05) is 27.2 Å². The summed E-state index contributed by atoms with van der Waals surface area (Å²) in [7, 11) is 3.77. The van der Waals surface area contributed by atoms with Gasteiger partial charge in [-0.2, -0.15) is 13.2 Å². The lowest BCUT2D eigenvalue weighted by Crippen LogP contribution is -2.36. The molecule has 0 aliphatic rings. The van der Waals surface area contributed by atoms with Crippen LogP contribution in [0.3, 0.4) is 0 Å². The highest BCUT2D eigenvalue weighted by molar-refractivity contribution is 7.13. The number of amides is 1. The fraction of sp³-hybridized carbons (Fsp3) is 0.444. The van der Waals surface area contributed by atoms with Crippen LogP contribution in [0.15, 0.2) is 24.3 Å². The summed E-state index contributed by atoms with van der Waals surface area (Å²) < 4.78 is 38.8. The summed E-state index contributed by atoms with van der Waals surface area (Å²) in [5.41, 5.74) is 0.391. The van der Waals surface area contributed by atoms with Crippen molar-refractivity contribution < 1.29 is 18.0 Å². The Morgan fingerprint density at radius 1 is 1.19 bits per heavy atom. The molecule has 0 atom stereocenters. The molecule has 0 saturated carbocycles. The molecule has 0 aliphatic heterocycles. The average molecular weight is 385 g/mol. The van der Waals surface area contributed by atoms with Crippen molar-refractivity contribution in [3.63, 3.8) is 0 Å². The van der Waals surface area contributed by atoms with Gasteiger partial charge in [0, 0.05) is 19.6 Å². The zero-order valence-electron chi connectivity index (χ0n) is 15.2. The van der Waals surface area contributed by atoms with E-state index in [1.807, 2.05) is 25.9 Å². The second kappa shape index (κ2) is 8.18. The number of carbonyl (C=O) groups excluding carboxylic acids is 1. The minimum Gasteiger partial charge on any atom is -0.332 e. The summed E-state index contributed by atoms with van der Waals surface area (Å²) in [6.45, 7) is 4.74. The third-order valence-corrected chi connectivity index (χ3v) is 4.89. The summed E-state index contributed by atoms with van der Waals surface area (Å²) >= 11 is 1.31. The molecule has 26 heavy (non-hydrogen) atoms. The first-order chi connectivity index (χ1) is 12.1. The van der Waals surface area contributed by atoms with Crippen LogP contribution in [0.1, 0.15) is 31.5 Å². The molecule has 0 N–H and O–H groups in total. The summed E-state index contributed by atoms with van der Waals surface area (Å²) in [5, 5.41) is 0.789. The highest BCUT2D eigenvalue weighted by atomic mass is 32.1. The van der Waals surface area contributed by atoms with Crippen LogP contribution in [0.5, 0.6) is 0 Å². The molecule has 4 nitrogen and oxygen atoms in total. The summed E-state index contributed by atoms with van der Waals surface area (Å²) in [5.74, 6) is -0.202. The van der Waals surface area contributed by atoms with Gasteiger partial charge in [0.2, 0.25) is 0 Å². The van der Waals surface area contributed by atoms with Gasteiger partial charge >= 0.3 is 6.18 Å². The normalized spacial score (nSPS) is 11.8. The van der Waals surface area contributed by atoms with Crippen LogP contribution in [0.4, 0.5) is 13.2 Å². The van der Waals surface area contributed by atoms with Gasteiger partial charge in [0.25, 0.3) is 5.91 Å². The Labute approximate surface area is 155 Å². The first-order valence-electron chi connectivity index (χ1n) is 8.12. The van der Waals surface area contributed by atoms with Crippen molar-refractivity contribution in [1.29, 1.82) is 0 Å². The van der Waals surface area contributed by atoms with E-state index in [2.05, 4.69) is 4.98 Å². The van der Waals surface area contributed by atoms with E-state index >= 15 is 0 Å². The number of aryl methyl sites for hydroxylation is 2. The lowest BCUT2D eigenvalue weighted by molar-refractivity contribution is -0.137. The molecular weight excluding hydrogens is 363 g/mol. The van der Waals surface area contributed by atoms with Crippen molar-refractivity contribution >= 4 is 17.2 Å². The van der Waals surface area contributed by atoms with Crippen LogP contribution >= 0.6 is 11.3 Å². The Bertz CT molecular complexity index is 771. The van der Waals surface area contributed by atoms with Gasteiger partial charge < -0.3 is 9.80 Å². The maximum atomic E-state index is 12.9. The van der Waals surface area contributed by atoms with Gasteiger partial charge in [0.05, 0.1) is 16.3 Å². The van der Waals surface area contributed by atoms with Gasteiger partial charge in [-0.05, 0) is 45.6 Å². The predicted octanol–water partition coefficient (Wildman–Crippen LogP) is 3.98. The minimum atomic E-state index is -4.40. The van der Waals surface area contributed by atoms with Crippen LogP contribution in [0.2, 0.25) is 0 Å². The van der Waals surface area contributed by atoms with Gasteiger partial charge in [0.15, 0.2) is 0 Å². The first-order valence-corrected chi connectivity index (χ1v) is 8.93. The smallest absolute Gasteiger partial charge is 0.332 e. The largest absolute Gasteiger partial charge is 0.416 e. The second-order valence-electron chi connectivity index (χ2n) is 6.38. The Kier molecular flexibility index (Phi) is 6.41. The quantitative estimate of drug-likeness (QED) is 0.755. The van der Waals surface area contributed by atoms with E-state index in [0.717, 1.165) is 17.1 Å². The fourth-order valence-electron chi connectivity index (χ4n) is 2.51. The summed E-state index contributed by atoms with van der Waals surface area (Å²) in [6.07, 6.45) is -4.40. The number of carbonyl (C=O) groups is 1. The predicted molar refractivity (Wildman–Crippen MR) is 96.3 cm³/mol. The highest BCUT2D eigenvalue weighted by Crippen LogP contribution is 2.30.